The van der Waals surface area contributed by atoms with Gasteiger partial charge in [-0.05, 0) is 29.7 Å². The lowest BCUT2D eigenvalue weighted by Gasteiger charge is -2.11. The lowest BCUT2D eigenvalue weighted by molar-refractivity contribution is 0.112. The molecule has 0 aliphatic heterocycles. The molecule has 0 aliphatic rings. The van der Waals surface area contributed by atoms with Gasteiger partial charge in [-0.1, -0.05) is 42.5 Å². The zero-order chi connectivity index (χ0) is 15.6. The molecule has 0 saturated carbocycles. The maximum absolute atomic E-state index is 12.4. The fourth-order valence-corrected chi connectivity index (χ4v) is 3.42. The Kier molecular flexibility index (Phi) is 3.65. The van der Waals surface area contributed by atoms with Gasteiger partial charge in [0.2, 0.25) is 0 Å². The highest BCUT2D eigenvalue weighted by Gasteiger charge is 2.15. The Balaban J connectivity index is 2.11. The highest BCUT2D eigenvalue weighted by Crippen LogP contribution is 2.27. The average Bonchev–Trinajstić information content (AvgIpc) is 2.56. The Hall–Kier alpha value is -2.66. The fourth-order valence-electron chi connectivity index (χ4n) is 2.32. The zero-order valence-corrected chi connectivity index (χ0v) is 12.4. The molecule has 3 rings (SSSR count). The normalized spacial score (nSPS) is 11.3. The van der Waals surface area contributed by atoms with Crippen LogP contribution in [0, 0.1) is 0 Å². The molecule has 0 radical (unpaired) electrons. The van der Waals surface area contributed by atoms with Gasteiger partial charge < -0.3 is 0 Å². The van der Waals surface area contributed by atoms with Crippen molar-refractivity contribution in [2.75, 3.05) is 4.72 Å². The lowest BCUT2D eigenvalue weighted by Crippen LogP contribution is -2.13. The number of anilines is 1. The minimum Gasteiger partial charge on any atom is -0.298 e. The number of rotatable bonds is 4. The summed E-state index contributed by atoms with van der Waals surface area (Å²) < 4.78 is 27.4. The standard InChI is InChI=1S/C17H13NO3S/c19-12-13-10-11-17(16-9-5-4-8-15(13)16)18-22(20,21)14-6-2-1-3-7-14/h1-12,18H. The predicted molar refractivity (Wildman–Crippen MR) is 86.6 cm³/mol. The van der Waals surface area contributed by atoms with Gasteiger partial charge in [-0.15, -0.1) is 0 Å². The van der Waals surface area contributed by atoms with Crippen LogP contribution in [0.15, 0.2) is 71.6 Å². The van der Waals surface area contributed by atoms with Crippen LogP contribution in [-0.4, -0.2) is 14.7 Å². The zero-order valence-electron chi connectivity index (χ0n) is 11.6. The van der Waals surface area contributed by atoms with Gasteiger partial charge in [-0.3, -0.25) is 9.52 Å². The molecule has 0 amide bonds. The molecule has 3 aromatic rings. The Labute approximate surface area is 128 Å². The number of sulfonamides is 1. The second kappa shape index (κ2) is 5.61. The van der Waals surface area contributed by atoms with Crippen molar-refractivity contribution in [2.24, 2.45) is 0 Å². The number of hydrogen-bond donors (Lipinski definition) is 1. The first-order valence-corrected chi connectivity index (χ1v) is 8.15. The van der Waals surface area contributed by atoms with Crippen LogP contribution in [0.5, 0.6) is 0 Å². The average molecular weight is 311 g/mol. The molecule has 0 aliphatic carbocycles. The second-order valence-corrected chi connectivity index (χ2v) is 6.47. The molecule has 4 nitrogen and oxygen atoms in total. The van der Waals surface area contributed by atoms with E-state index in [-0.39, 0.29) is 4.90 Å². The van der Waals surface area contributed by atoms with E-state index in [1.807, 2.05) is 6.07 Å². The van der Waals surface area contributed by atoms with E-state index >= 15 is 0 Å². The molecular formula is C17H13NO3S. The maximum atomic E-state index is 12.4. The quantitative estimate of drug-likeness (QED) is 0.751. The molecule has 0 heterocycles. The van der Waals surface area contributed by atoms with Crippen LogP contribution in [0.1, 0.15) is 10.4 Å². The van der Waals surface area contributed by atoms with Crippen LogP contribution < -0.4 is 4.72 Å². The summed E-state index contributed by atoms with van der Waals surface area (Å²) in [6.07, 6.45) is 0.762. The van der Waals surface area contributed by atoms with Crippen molar-refractivity contribution in [3.63, 3.8) is 0 Å². The van der Waals surface area contributed by atoms with E-state index in [1.54, 1.807) is 48.5 Å². The number of fused-ring (bicyclic) bond motifs is 1. The summed E-state index contributed by atoms with van der Waals surface area (Å²) in [4.78, 5) is 11.3. The third kappa shape index (κ3) is 2.58. The molecule has 3 aromatic carbocycles. The van der Waals surface area contributed by atoms with Crippen molar-refractivity contribution in [3.05, 3.63) is 72.3 Å². The van der Waals surface area contributed by atoms with Crippen molar-refractivity contribution >= 4 is 32.8 Å². The Morgan fingerprint density at radius 1 is 0.773 bits per heavy atom. The largest absolute Gasteiger partial charge is 0.298 e. The van der Waals surface area contributed by atoms with E-state index in [9.17, 15) is 13.2 Å². The van der Waals surface area contributed by atoms with Crippen LogP contribution in [0.25, 0.3) is 10.8 Å². The summed E-state index contributed by atoms with van der Waals surface area (Å²) in [5.74, 6) is 0. The van der Waals surface area contributed by atoms with Gasteiger partial charge in [0.1, 0.15) is 0 Å². The summed E-state index contributed by atoms with van der Waals surface area (Å²) in [6.45, 7) is 0. The third-order valence-corrected chi connectivity index (χ3v) is 4.76. The molecule has 0 bridgehead atoms. The lowest BCUT2D eigenvalue weighted by atomic mass is 10.0. The molecule has 5 heteroatoms. The van der Waals surface area contributed by atoms with Crippen molar-refractivity contribution in [1.82, 2.24) is 0 Å². The first kappa shape index (κ1) is 14.3. The number of nitrogens with one attached hydrogen (secondary N) is 1. The molecule has 0 unspecified atom stereocenters. The molecule has 110 valence electrons. The molecule has 1 N–H and O–H groups in total. The van der Waals surface area contributed by atoms with Gasteiger partial charge >= 0.3 is 0 Å². The Morgan fingerprint density at radius 3 is 2.09 bits per heavy atom. The fraction of sp³-hybridized carbons (Fsp3) is 0. The van der Waals surface area contributed by atoms with E-state index in [2.05, 4.69) is 4.72 Å². The first-order chi connectivity index (χ1) is 10.6. The van der Waals surface area contributed by atoms with Crippen LogP contribution in [0.3, 0.4) is 0 Å². The smallest absolute Gasteiger partial charge is 0.261 e. The van der Waals surface area contributed by atoms with E-state index < -0.39 is 10.0 Å². The van der Waals surface area contributed by atoms with Gasteiger partial charge in [-0.25, -0.2) is 8.42 Å². The van der Waals surface area contributed by atoms with Gasteiger partial charge in [-0.2, -0.15) is 0 Å². The maximum Gasteiger partial charge on any atom is 0.261 e. The topological polar surface area (TPSA) is 63.2 Å². The SMILES string of the molecule is O=Cc1ccc(NS(=O)(=O)c2ccccc2)c2ccccc12. The molecular weight excluding hydrogens is 298 g/mol. The monoisotopic (exact) mass is 311 g/mol. The Morgan fingerprint density at radius 2 is 1.41 bits per heavy atom. The first-order valence-electron chi connectivity index (χ1n) is 6.66. The minimum absolute atomic E-state index is 0.193. The molecule has 0 fully saturated rings. The number of carbonyl (C=O) groups excluding carboxylic acids is 1. The second-order valence-electron chi connectivity index (χ2n) is 4.78. The van der Waals surface area contributed by atoms with Crippen LogP contribution in [0.4, 0.5) is 5.69 Å². The van der Waals surface area contributed by atoms with Crippen LogP contribution >= 0.6 is 0 Å². The van der Waals surface area contributed by atoms with E-state index in [0.717, 1.165) is 6.29 Å². The summed E-state index contributed by atoms with van der Waals surface area (Å²) >= 11 is 0. The summed E-state index contributed by atoms with van der Waals surface area (Å²) in [5, 5.41) is 1.40. The van der Waals surface area contributed by atoms with E-state index in [1.165, 1.54) is 12.1 Å². The Bertz CT molecular complexity index is 935. The van der Waals surface area contributed by atoms with E-state index in [0.29, 0.717) is 22.0 Å². The highest BCUT2D eigenvalue weighted by atomic mass is 32.2. The van der Waals surface area contributed by atoms with Crippen LogP contribution in [0.2, 0.25) is 0 Å². The molecule has 0 saturated heterocycles. The molecule has 0 spiro atoms. The number of aldehydes is 1. The van der Waals surface area contributed by atoms with Crippen molar-refractivity contribution in [1.29, 1.82) is 0 Å². The van der Waals surface area contributed by atoms with Crippen molar-refractivity contribution < 1.29 is 13.2 Å². The summed E-state index contributed by atoms with van der Waals surface area (Å²) in [6, 6.07) is 18.6. The van der Waals surface area contributed by atoms with Gasteiger partial charge in [0, 0.05) is 10.9 Å². The van der Waals surface area contributed by atoms with Crippen LogP contribution in [-0.2, 0) is 10.0 Å². The number of carbonyl (C=O) groups is 1. The van der Waals surface area contributed by atoms with Crippen molar-refractivity contribution in [3.8, 4) is 0 Å². The third-order valence-electron chi connectivity index (χ3n) is 3.38. The summed E-state index contributed by atoms with van der Waals surface area (Å²) in [5.41, 5.74) is 0.975. The predicted octanol–water partition coefficient (Wildman–Crippen LogP) is 3.45. The van der Waals surface area contributed by atoms with Gasteiger partial charge in [0.25, 0.3) is 10.0 Å². The number of hydrogen-bond acceptors (Lipinski definition) is 3. The molecule has 0 aromatic heterocycles. The number of benzene rings is 3. The van der Waals surface area contributed by atoms with Gasteiger partial charge in [0.05, 0.1) is 10.6 Å². The van der Waals surface area contributed by atoms with Crippen molar-refractivity contribution in [2.45, 2.75) is 4.90 Å². The van der Waals surface area contributed by atoms with E-state index in [4.69, 9.17) is 0 Å². The summed E-state index contributed by atoms with van der Waals surface area (Å²) in [7, 11) is -3.66. The molecule has 0 atom stereocenters. The molecule has 22 heavy (non-hydrogen) atoms. The minimum atomic E-state index is -3.66. The highest BCUT2D eigenvalue weighted by molar-refractivity contribution is 7.92. The van der Waals surface area contributed by atoms with Gasteiger partial charge in [0.15, 0.2) is 6.29 Å².